The number of imide groups is 1. The molecule has 0 atom stereocenters. The van der Waals surface area contributed by atoms with E-state index in [9.17, 15) is 19.2 Å². The largest absolute Gasteiger partial charge is 0.451 e. The van der Waals surface area contributed by atoms with Gasteiger partial charge in [0, 0.05) is 17.6 Å². The number of hydrogen-bond donors (Lipinski definition) is 2. The summed E-state index contributed by atoms with van der Waals surface area (Å²) in [7, 11) is 0. The van der Waals surface area contributed by atoms with E-state index < -0.39 is 24.5 Å². The van der Waals surface area contributed by atoms with Crippen LogP contribution in [0.1, 0.15) is 35.5 Å². The average Bonchev–Trinajstić information content (AvgIpc) is 2.75. The lowest BCUT2D eigenvalue weighted by molar-refractivity contribution is -0.123. The van der Waals surface area contributed by atoms with Gasteiger partial charge in [-0.15, -0.1) is 0 Å². The van der Waals surface area contributed by atoms with Crippen LogP contribution >= 0.6 is 0 Å². The smallest absolute Gasteiger partial charge is 0.359 e. The zero-order chi connectivity index (χ0) is 24.1. The van der Waals surface area contributed by atoms with Crippen molar-refractivity contribution in [2.45, 2.75) is 34.2 Å². The van der Waals surface area contributed by atoms with E-state index in [1.165, 1.54) is 4.68 Å². The van der Waals surface area contributed by atoms with Crippen LogP contribution in [0.4, 0.5) is 10.5 Å². The molecule has 0 fully saturated rings. The molecular formula is C24H26N4O5. The molecule has 0 radical (unpaired) electrons. The first-order valence-electron chi connectivity index (χ1n) is 10.5. The molecule has 0 aliphatic rings. The minimum absolute atomic E-state index is 0.0709. The number of carbonyl (C=O) groups excluding carboxylic acids is 3. The summed E-state index contributed by atoms with van der Waals surface area (Å²) in [4.78, 5) is 49.6. The topological polar surface area (TPSA) is 119 Å². The Bertz CT molecular complexity index is 1280. The number of rotatable bonds is 6. The Morgan fingerprint density at radius 3 is 2.42 bits per heavy atom. The van der Waals surface area contributed by atoms with Crippen molar-refractivity contribution in [2.75, 3.05) is 11.9 Å². The molecule has 0 spiro atoms. The van der Waals surface area contributed by atoms with E-state index in [1.54, 1.807) is 30.3 Å². The molecule has 0 unspecified atom stereocenters. The number of aromatic nitrogens is 2. The monoisotopic (exact) mass is 450 g/mol. The number of hydrogen-bond acceptors (Lipinski definition) is 6. The van der Waals surface area contributed by atoms with Crippen molar-refractivity contribution in [3.05, 3.63) is 69.6 Å². The second-order valence-electron chi connectivity index (χ2n) is 8.17. The number of fused-ring (bicyclic) bond motifs is 1. The van der Waals surface area contributed by atoms with Crippen LogP contribution < -0.4 is 16.2 Å². The van der Waals surface area contributed by atoms with Crippen LogP contribution in [-0.4, -0.2) is 34.3 Å². The number of ether oxygens (including phenoxy) is 1. The maximum atomic E-state index is 12.7. The second-order valence-corrected chi connectivity index (χ2v) is 8.17. The van der Waals surface area contributed by atoms with E-state index in [1.807, 2.05) is 39.8 Å². The SMILES string of the molecule is Cc1ccc(NC(=O)NC(=O)COC(=O)c2nn(CC(C)C)c(=O)c3ccccc23)c(C)c1. The number of anilines is 1. The fourth-order valence-corrected chi connectivity index (χ4v) is 3.33. The highest BCUT2D eigenvalue weighted by Crippen LogP contribution is 2.16. The Kier molecular flexibility index (Phi) is 7.22. The molecule has 3 amide bonds. The maximum Gasteiger partial charge on any atom is 0.359 e. The maximum absolute atomic E-state index is 12.7. The predicted octanol–water partition coefficient (Wildman–Crippen LogP) is 3.17. The lowest BCUT2D eigenvalue weighted by Crippen LogP contribution is -2.37. The van der Waals surface area contributed by atoms with Crippen LogP contribution in [0.3, 0.4) is 0 Å². The van der Waals surface area contributed by atoms with E-state index in [4.69, 9.17) is 4.74 Å². The fraction of sp³-hybridized carbons (Fsp3) is 0.292. The zero-order valence-electron chi connectivity index (χ0n) is 19.0. The third-order valence-corrected chi connectivity index (χ3v) is 4.82. The molecule has 33 heavy (non-hydrogen) atoms. The Hall–Kier alpha value is -4.01. The van der Waals surface area contributed by atoms with Crippen molar-refractivity contribution in [3.8, 4) is 0 Å². The molecule has 0 bridgehead atoms. The zero-order valence-corrected chi connectivity index (χ0v) is 19.0. The van der Waals surface area contributed by atoms with E-state index in [-0.39, 0.29) is 17.2 Å². The minimum atomic E-state index is -0.867. The Labute approximate surface area is 190 Å². The van der Waals surface area contributed by atoms with E-state index in [0.717, 1.165) is 11.1 Å². The molecule has 9 nitrogen and oxygen atoms in total. The molecule has 2 N–H and O–H groups in total. The summed E-state index contributed by atoms with van der Waals surface area (Å²) in [5.74, 6) is -1.54. The third kappa shape index (κ3) is 5.82. The van der Waals surface area contributed by atoms with Crippen LogP contribution in [0.15, 0.2) is 47.3 Å². The minimum Gasteiger partial charge on any atom is -0.451 e. The van der Waals surface area contributed by atoms with Crippen LogP contribution in [0.5, 0.6) is 0 Å². The summed E-state index contributed by atoms with van der Waals surface area (Å²) in [6.07, 6.45) is 0. The highest BCUT2D eigenvalue weighted by molar-refractivity contribution is 6.04. The highest BCUT2D eigenvalue weighted by atomic mass is 16.5. The van der Waals surface area contributed by atoms with Crippen molar-refractivity contribution in [3.63, 3.8) is 0 Å². The van der Waals surface area contributed by atoms with Gasteiger partial charge in [-0.3, -0.25) is 14.9 Å². The van der Waals surface area contributed by atoms with Crippen molar-refractivity contribution in [1.82, 2.24) is 15.1 Å². The Morgan fingerprint density at radius 1 is 1.06 bits per heavy atom. The molecule has 0 aliphatic heterocycles. The van der Waals surface area contributed by atoms with Gasteiger partial charge in [0.2, 0.25) is 0 Å². The van der Waals surface area contributed by atoms with Crippen molar-refractivity contribution in [1.29, 1.82) is 0 Å². The number of carbonyl (C=O) groups is 3. The van der Waals surface area contributed by atoms with Gasteiger partial charge < -0.3 is 10.1 Å². The highest BCUT2D eigenvalue weighted by Gasteiger charge is 2.20. The first kappa shape index (κ1) is 23.6. The average molecular weight is 450 g/mol. The first-order valence-corrected chi connectivity index (χ1v) is 10.5. The summed E-state index contributed by atoms with van der Waals surface area (Å²) in [6, 6.07) is 11.3. The van der Waals surface area contributed by atoms with Crippen LogP contribution in [0.2, 0.25) is 0 Å². The molecule has 9 heteroatoms. The normalized spacial score (nSPS) is 10.8. The van der Waals surface area contributed by atoms with Gasteiger partial charge >= 0.3 is 12.0 Å². The van der Waals surface area contributed by atoms with Gasteiger partial charge in [0.1, 0.15) is 0 Å². The standard InChI is InChI=1S/C24H26N4O5/c1-14(2)12-28-22(30)18-8-6-5-7-17(18)21(27-28)23(31)33-13-20(29)26-24(32)25-19-10-9-15(3)11-16(19)4/h5-11,14H,12-13H2,1-4H3,(H2,25,26,29,32). The Balaban J connectivity index is 1.69. The molecule has 0 saturated heterocycles. The van der Waals surface area contributed by atoms with Crippen LogP contribution in [-0.2, 0) is 16.1 Å². The van der Waals surface area contributed by atoms with Crippen LogP contribution in [0, 0.1) is 19.8 Å². The van der Waals surface area contributed by atoms with Crippen molar-refractivity contribution in [2.24, 2.45) is 5.92 Å². The number of esters is 1. The van der Waals surface area contributed by atoms with Gasteiger partial charge in [-0.05, 0) is 37.5 Å². The second kappa shape index (κ2) is 10.1. The van der Waals surface area contributed by atoms with Crippen LogP contribution in [0.25, 0.3) is 10.8 Å². The van der Waals surface area contributed by atoms with Gasteiger partial charge in [0.05, 0.1) is 5.39 Å². The molecule has 3 rings (SSSR count). The number of urea groups is 1. The number of aryl methyl sites for hydroxylation is 2. The third-order valence-electron chi connectivity index (χ3n) is 4.82. The van der Waals surface area contributed by atoms with Gasteiger partial charge in [0.25, 0.3) is 11.5 Å². The van der Waals surface area contributed by atoms with E-state index >= 15 is 0 Å². The quantitative estimate of drug-likeness (QED) is 0.557. The Morgan fingerprint density at radius 2 is 1.76 bits per heavy atom. The molecule has 172 valence electrons. The van der Waals surface area contributed by atoms with E-state index in [2.05, 4.69) is 15.7 Å². The summed E-state index contributed by atoms with van der Waals surface area (Å²) in [5, 5.41) is 9.54. The molecule has 3 aromatic rings. The lowest BCUT2D eigenvalue weighted by atomic mass is 10.1. The van der Waals surface area contributed by atoms with Gasteiger partial charge in [0.15, 0.2) is 12.3 Å². The fourth-order valence-electron chi connectivity index (χ4n) is 3.33. The van der Waals surface area contributed by atoms with Crippen molar-refractivity contribution >= 4 is 34.4 Å². The van der Waals surface area contributed by atoms with Gasteiger partial charge in [-0.1, -0.05) is 49.7 Å². The molecule has 1 heterocycles. The molecule has 0 saturated carbocycles. The summed E-state index contributed by atoms with van der Waals surface area (Å²) >= 11 is 0. The molecule has 2 aromatic carbocycles. The number of nitrogens with zero attached hydrogens (tertiary/aromatic N) is 2. The van der Waals surface area contributed by atoms with E-state index in [0.29, 0.717) is 23.0 Å². The molecular weight excluding hydrogens is 424 g/mol. The molecule has 0 aliphatic carbocycles. The molecule has 1 aromatic heterocycles. The number of amides is 3. The predicted molar refractivity (Wildman–Crippen MR) is 124 cm³/mol. The summed E-state index contributed by atoms with van der Waals surface area (Å²) < 4.78 is 6.30. The number of benzene rings is 2. The summed E-state index contributed by atoms with van der Waals surface area (Å²) in [5.41, 5.74) is 2.07. The first-order chi connectivity index (χ1) is 15.7. The van der Waals surface area contributed by atoms with Gasteiger partial charge in [-0.25, -0.2) is 14.3 Å². The lowest BCUT2D eigenvalue weighted by Gasteiger charge is -2.12. The number of nitrogens with one attached hydrogen (secondary N) is 2. The summed E-state index contributed by atoms with van der Waals surface area (Å²) in [6.45, 7) is 7.26. The van der Waals surface area contributed by atoms with Gasteiger partial charge in [-0.2, -0.15) is 5.10 Å². The van der Waals surface area contributed by atoms with Crippen molar-refractivity contribution < 1.29 is 19.1 Å².